The predicted octanol–water partition coefficient (Wildman–Crippen LogP) is 5.69. The molecule has 0 unspecified atom stereocenters. The Morgan fingerprint density at radius 3 is 2.50 bits per heavy atom. The molecule has 58 heavy (non-hydrogen) atoms. The molecule has 0 saturated carbocycles. The maximum atomic E-state index is 11.6. The molecule has 3 heterocycles. The van der Waals surface area contributed by atoms with Crippen molar-refractivity contribution in [2.24, 2.45) is 0 Å². The van der Waals surface area contributed by atoms with E-state index in [9.17, 15) is 30.3 Å². The lowest BCUT2D eigenvalue weighted by Crippen LogP contribution is -2.39. The zero-order valence-corrected chi connectivity index (χ0v) is 32.0. The van der Waals surface area contributed by atoms with E-state index < -0.39 is 18.6 Å². The zero-order chi connectivity index (χ0) is 40.6. The summed E-state index contributed by atoms with van der Waals surface area (Å²) in [6.45, 7) is 1.16. The van der Waals surface area contributed by atoms with Crippen LogP contribution in [0.2, 0.25) is 5.02 Å². The monoisotopic (exact) mass is 794 g/mol. The van der Waals surface area contributed by atoms with E-state index in [4.69, 9.17) is 21.4 Å². The number of aliphatic hydroxyl groups excluding tert-OH is 1. The number of carbonyl (C=O) groups excluding carboxylic acids is 1. The van der Waals surface area contributed by atoms with Crippen LogP contribution in [0, 0.1) is 22.7 Å². The Labute approximate surface area is 339 Å². The highest BCUT2D eigenvalue weighted by molar-refractivity contribution is 6.31. The minimum Gasteiger partial charge on any atom is -0.489 e. The van der Waals surface area contributed by atoms with Crippen LogP contribution >= 0.6 is 11.6 Å². The molecular weight excluding hydrogens is 756 g/mol. The van der Waals surface area contributed by atoms with Crippen molar-refractivity contribution >= 4 is 34.4 Å². The lowest BCUT2D eigenvalue weighted by Gasteiger charge is -2.18. The minimum absolute atomic E-state index is 0.0431. The van der Waals surface area contributed by atoms with Gasteiger partial charge in [0.25, 0.3) is 0 Å². The van der Waals surface area contributed by atoms with Gasteiger partial charge < -0.3 is 25.6 Å². The van der Waals surface area contributed by atoms with E-state index in [0.717, 1.165) is 45.1 Å². The number of fused-ring (bicyclic) bond motifs is 1. The van der Waals surface area contributed by atoms with Gasteiger partial charge in [0.15, 0.2) is 0 Å². The van der Waals surface area contributed by atoms with Crippen molar-refractivity contribution in [1.29, 1.82) is 10.5 Å². The molecule has 1 aliphatic rings. The number of carbonyl (C=O) groups is 2. The van der Waals surface area contributed by atoms with Gasteiger partial charge in [0.2, 0.25) is 5.91 Å². The lowest BCUT2D eigenvalue weighted by atomic mass is 9.91. The molecule has 0 bridgehead atoms. The zero-order valence-electron chi connectivity index (χ0n) is 31.3. The molecule has 2 atom stereocenters. The van der Waals surface area contributed by atoms with Crippen molar-refractivity contribution in [1.82, 2.24) is 30.7 Å². The minimum atomic E-state index is -1.20. The van der Waals surface area contributed by atoms with Crippen molar-refractivity contribution in [2.45, 2.75) is 51.2 Å². The van der Waals surface area contributed by atoms with Gasteiger partial charge in [-0.2, -0.15) is 15.6 Å². The van der Waals surface area contributed by atoms with Crippen molar-refractivity contribution in [3.05, 3.63) is 136 Å². The number of benzene rings is 4. The number of pyridine rings is 1. The summed E-state index contributed by atoms with van der Waals surface area (Å²) in [5, 5.41) is 54.1. The Morgan fingerprint density at radius 2 is 1.76 bits per heavy atom. The number of halogens is 1. The molecule has 14 heteroatoms. The number of hydrogen-bond acceptors (Lipinski definition) is 10. The van der Waals surface area contributed by atoms with Crippen molar-refractivity contribution < 1.29 is 24.5 Å². The second-order valence-corrected chi connectivity index (χ2v) is 14.4. The van der Waals surface area contributed by atoms with Crippen LogP contribution in [0.15, 0.2) is 97.5 Å². The number of aliphatic hydroxyl groups is 1. The van der Waals surface area contributed by atoms with E-state index in [1.165, 1.54) is 6.20 Å². The van der Waals surface area contributed by atoms with Crippen LogP contribution in [-0.2, 0) is 35.8 Å². The first kappa shape index (κ1) is 39.6. The number of ether oxygens (including phenoxy) is 1. The van der Waals surface area contributed by atoms with Crippen LogP contribution in [0.5, 0.6) is 5.75 Å². The summed E-state index contributed by atoms with van der Waals surface area (Å²) < 4.78 is 8.03. The third-order valence-corrected chi connectivity index (χ3v) is 10.5. The van der Waals surface area contributed by atoms with Crippen LogP contribution in [0.1, 0.15) is 46.2 Å². The van der Waals surface area contributed by atoms with Crippen LogP contribution in [0.25, 0.3) is 33.2 Å². The standard InChI is InChI=1S/C44H39ClN8O5/c45-39-14-31(21-50-40(25-54)44(56)57)42(58-26-29-13-28(16-46)19-48-20-29)15-32(39)24-53-41-6-2-5-36(38(41)23-51-53)35-4-1-3-34(37(35)17-47)30-9-7-27(8-10-30)18-49-22-33-11-12-43(55)52-33/h1-10,13-15,19-20,23,33,40,49-50,54H,11-12,18,21-22,24-26H2,(H,52,55)(H,56,57)/t33-,40-/m0/s1. The molecule has 1 saturated heterocycles. The van der Waals surface area contributed by atoms with Crippen molar-refractivity contribution in [3.63, 3.8) is 0 Å². The topological polar surface area (TPSA) is 198 Å². The molecule has 4 aromatic carbocycles. The molecule has 2 aromatic heterocycles. The molecule has 0 radical (unpaired) electrons. The number of aromatic nitrogens is 3. The fourth-order valence-corrected chi connectivity index (χ4v) is 7.31. The Balaban J connectivity index is 1.14. The Hall–Kier alpha value is -6.61. The van der Waals surface area contributed by atoms with Crippen LogP contribution < -0.4 is 20.7 Å². The second-order valence-electron chi connectivity index (χ2n) is 14.0. The van der Waals surface area contributed by atoms with Crippen LogP contribution in [0.3, 0.4) is 0 Å². The highest BCUT2D eigenvalue weighted by Gasteiger charge is 2.21. The van der Waals surface area contributed by atoms with Gasteiger partial charge in [-0.15, -0.1) is 0 Å². The molecule has 1 fully saturated rings. The molecule has 5 N–H and O–H groups in total. The second kappa shape index (κ2) is 18.1. The van der Waals surface area contributed by atoms with Gasteiger partial charge in [-0.1, -0.05) is 66.2 Å². The van der Waals surface area contributed by atoms with Gasteiger partial charge in [0.05, 0.1) is 36.0 Å². The first-order chi connectivity index (χ1) is 28.2. The van der Waals surface area contributed by atoms with Crippen molar-refractivity contribution in [2.75, 3.05) is 13.2 Å². The number of nitriles is 2. The molecule has 0 aliphatic carbocycles. The van der Waals surface area contributed by atoms with Crippen LogP contribution in [-0.4, -0.2) is 62.1 Å². The normalized spacial score (nSPS) is 14.1. The summed E-state index contributed by atoms with van der Waals surface area (Å²) in [4.78, 5) is 27.2. The SMILES string of the molecule is N#Cc1cncc(COc2cc(Cn3ncc4c(-c5cccc(-c6ccc(CNC[C@@H]7CCC(=O)N7)cc6)c5C#N)cccc43)c(Cl)cc2CN[C@@H](CO)C(=O)O)c1. The number of nitrogens with zero attached hydrogens (tertiary/aromatic N) is 5. The summed E-state index contributed by atoms with van der Waals surface area (Å²) in [6.07, 6.45) is 6.25. The maximum absolute atomic E-state index is 11.6. The quantitative estimate of drug-likeness (QED) is 0.0807. The number of hydrogen-bond donors (Lipinski definition) is 5. The molecule has 292 valence electrons. The smallest absolute Gasteiger partial charge is 0.323 e. The molecule has 6 aromatic rings. The summed E-state index contributed by atoms with van der Waals surface area (Å²) in [6, 6.07) is 28.5. The summed E-state index contributed by atoms with van der Waals surface area (Å²) >= 11 is 6.86. The van der Waals surface area contributed by atoms with Crippen LogP contribution in [0.4, 0.5) is 0 Å². The third-order valence-electron chi connectivity index (χ3n) is 10.1. The van der Waals surface area contributed by atoms with E-state index in [0.29, 0.717) is 58.1 Å². The van der Waals surface area contributed by atoms with E-state index in [1.54, 1.807) is 30.6 Å². The number of carboxylic acids is 1. The van der Waals surface area contributed by atoms with Crippen molar-refractivity contribution in [3.8, 4) is 40.1 Å². The van der Waals surface area contributed by atoms with Gasteiger partial charge in [-0.05, 0) is 52.9 Å². The number of aliphatic carboxylic acids is 1. The molecule has 1 amide bonds. The maximum Gasteiger partial charge on any atom is 0.323 e. The Kier molecular flexibility index (Phi) is 12.4. The Bertz CT molecular complexity index is 2560. The van der Waals surface area contributed by atoms with E-state index in [2.05, 4.69) is 33.1 Å². The molecule has 1 aliphatic heterocycles. The van der Waals surface area contributed by atoms with E-state index >= 15 is 0 Å². The largest absolute Gasteiger partial charge is 0.489 e. The summed E-state index contributed by atoms with van der Waals surface area (Å²) in [5.74, 6) is -0.672. The first-order valence-electron chi connectivity index (χ1n) is 18.7. The molecule has 7 rings (SSSR count). The summed E-state index contributed by atoms with van der Waals surface area (Å²) in [5.41, 5.74) is 8.12. The van der Waals surface area contributed by atoms with Gasteiger partial charge in [-0.3, -0.25) is 24.6 Å². The number of carboxylic acid groups (broad SMARTS) is 1. The average Bonchev–Trinajstić information content (AvgIpc) is 3.86. The van der Waals surface area contributed by atoms with Gasteiger partial charge in [0, 0.05) is 77.2 Å². The average molecular weight is 795 g/mol. The number of nitrogens with one attached hydrogen (secondary N) is 3. The molecule has 13 nitrogen and oxygen atoms in total. The fourth-order valence-electron chi connectivity index (χ4n) is 7.07. The Morgan fingerprint density at radius 1 is 0.966 bits per heavy atom. The highest BCUT2D eigenvalue weighted by Crippen LogP contribution is 2.36. The fraction of sp³-hybridized carbons (Fsp3) is 0.227. The van der Waals surface area contributed by atoms with Gasteiger partial charge in [0.1, 0.15) is 30.5 Å². The van der Waals surface area contributed by atoms with Gasteiger partial charge in [-0.25, -0.2) is 0 Å². The van der Waals surface area contributed by atoms with Gasteiger partial charge >= 0.3 is 5.97 Å². The molecule has 0 spiro atoms. The predicted molar refractivity (Wildman–Crippen MR) is 217 cm³/mol. The summed E-state index contributed by atoms with van der Waals surface area (Å²) in [7, 11) is 0. The van der Waals surface area contributed by atoms with E-state index in [1.807, 2.05) is 65.3 Å². The van der Waals surface area contributed by atoms with E-state index in [-0.39, 0.29) is 31.6 Å². The lowest BCUT2D eigenvalue weighted by molar-refractivity contribution is -0.140. The number of rotatable bonds is 16. The first-order valence-corrected chi connectivity index (χ1v) is 19.0. The number of amides is 1. The molecular formula is C44H39ClN8O5. The highest BCUT2D eigenvalue weighted by atomic mass is 35.5. The third kappa shape index (κ3) is 8.99.